The summed E-state index contributed by atoms with van der Waals surface area (Å²) in [5.41, 5.74) is 9.64. The van der Waals surface area contributed by atoms with E-state index in [1.807, 2.05) is 30.3 Å². The molecule has 1 atom stereocenters. The number of nitrogens with zero attached hydrogens (tertiary/aromatic N) is 2. The van der Waals surface area contributed by atoms with Crippen LogP contribution in [0.25, 0.3) is 76.5 Å². The molecule has 0 spiro atoms. The summed E-state index contributed by atoms with van der Waals surface area (Å²) < 4.78 is 6.29. The zero-order valence-corrected chi connectivity index (χ0v) is 29.8. The minimum absolute atomic E-state index is 0.350. The molecule has 0 saturated carbocycles. The highest BCUT2D eigenvalue weighted by atomic mass is 16.3. The Balaban J connectivity index is 1.06. The summed E-state index contributed by atoms with van der Waals surface area (Å²) in [6.45, 7) is 0. The van der Waals surface area contributed by atoms with Crippen LogP contribution in [0.4, 0.5) is 0 Å². The molecule has 0 aliphatic carbocycles. The predicted octanol–water partition coefficient (Wildman–Crippen LogP) is 12.9. The van der Waals surface area contributed by atoms with E-state index in [1.54, 1.807) is 0 Å². The highest BCUT2D eigenvalue weighted by Gasteiger charge is 2.24. The number of para-hydroxylation sites is 1. The number of amidine groups is 2. The molecule has 9 aromatic carbocycles. The van der Waals surface area contributed by atoms with Crippen LogP contribution in [0, 0.1) is 0 Å². The number of hydrogen-bond acceptors (Lipinski definition) is 4. The number of aliphatic imine (C=N–C) groups is 2. The molecule has 0 fully saturated rings. The van der Waals surface area contributed by atoms with Gasteiger partial charge in [-0.25, -0.2) is 9.98 Å². The second kappa shape index (κ2) is 12.7. The molecule has 1 aliphatic rings. The highest BCUT2D eigenvalue weighted by molar-refractivity contribution is 6.18. The first-order valence-electron chi connectivity index (χ1n) is 18.7. The van der Waals surface area contributed by atoms with Gasteiger partial charge in [-0.3, -0.25) is 0 Å². The molecule has 1 aliphatic heterocycles. The molecule has 1 aromatic heterocycles. The molecule has 0 bridgehead atoms. The molecular weight excluding hydrogens is 671 g/mol. The van der Waals surface area contributed by atoms with Crippen LogP contribution in [0.1, 0.15) is 22.9 Å². The Bertz CT molecular complexity index is 3190. The lowest BCUT2D eigenvalue weighted by Crippen LogP contribution is -2.33. The number of nitrogens with one attached hydrogen (secondary N) is 1. The highest BCUT2D eigenvalue weighted by Crippen LogP contribution is 2.43. The monoisotopic (exact) mass is 703 g/mol. The van der Waals surface area contributed by atoms with Crippen LogP contribution in [0.2, 0.25) is 0 Å². The van der Waals surface area contributed by atoms with E-state index >= 15 is 0 Å². The molecule has 258 valence electrons. The zero-order valence-electron chi connectivity index (χ0n) is 29.8. The van der Waals surface area contributed by atoms with Crippen molar-refractivity contribution in [2.75, 3.05) is 0 Å². The van der Waals surface area contributed by atoms with Crippen molar-refractivity contribution in [2.45, 2.75) is 6.17 Å². The van der Waals surface area contributed by atoms with Gasteiger partial charge < -0.3 is 9.73 Å². The van der Waals surface area contributed by atoms with Crippen molar-refractivity contribution in [3.8, 4) is 22.3 Å². The van der Waals surface area contributed by atoms with Gasteiger partial charge in [0.1, 0.15) is 23.2 Å². The Morgan fingerprint density at radius 2 is 1.02 bits per heavy atom. The van der Waals surface area contributed by atoms with Gasteiger partial charge in [0.15, 0.2) is 5.84 Å². The molecule has 1 N–H and O–H groups in total. The van der Waals surface area contributed by atoms with Gasteiger partial charge >= 0.3 is 0 Å². The van der Waals surface area contributed by atoms with Crippen LogP contribution in [-0.4, -0.2) is 11.7 Å². The van der Waals surface area contributed by atoms with Gasteiger partial charge in [0.05, 0.1) is 0 Å². The second-order valence-corrected chi connectivity index (χ2v) is 14.1. The zero-order chi connectivity index (χ0) is 36.3. The quantitative estimate of drug-likeness (QED) is 0.194. The van der Waals surface area contributed by atoms with Crippen LogP contribution in [0.5, 0.6) is 0 Å². The fourth-order valence-corrected chi connectivity index (χ4v) is 8.37. The Hall–Kier alpha value is -7.30. The van der Waals surface area contributed by atoms with Gasteiger partial charge in [0, 0.05) is 27.5 Å². The molecule has 1 unspecified atom stereocenters. The van der Waals surface area contributed by atoms with Crippen molar-refractivity contribution < 1.29 is 4.42 Å². The first kappa shape index (κ1) is 31.2. The normalized spacial score (nSPS) is 14.4. The Morgan fingerprint density at radius 3 is 1.80 bits per heavy atom. The molecule has 2 heterocycles. The molecule has 0 amide bonds. The van der Waals surface area contributed by atoms with E-state index in [2.05, 4.69) is 163 Å². The van der Waals surface area contributed by atoms with E-state index in [0.717, 1.165) is 49.9 Å². The summed E-state index contributed by atoms with van der Waals surface area (Å²) in [4.78, 5) is 10.4. The standard InChI is InChI=1S/C51H33N3O/c1-2-14-33(15-3-1)49-52-50(35-26-25-32-13-4-5-16-34(32)31-35)54-51(53-49)44-30-29-41(38-19-8-9-20-39(38)44)40-27-28-42(37-18-7-6-17-36(37)40)43-22-12-24-47-48(43)45-21-10-11-23-46(45)55-47/h1-31,51H,(H,52,53,54). The molecule has 4 heteroatoms. The Morgan fingerprint density at radius 1 is 0.418 bits per heavy atom. The van der Waals surface area contributed by atoms with Gasteiger partial charge in [-0.2, -0.15) is 0 Å². The molecule has 0 radical (unpaired) electrons. The fraction of sp³-hybridized carbons (Fsp3) is 0.0196. The van der Waals surface area contributed by atoms with Gasteiger partial charge in [-0.05, 0) is 72.8 Å². The maximum absolute atomic E-state index is 6.29. The van der Waals surface area contributed by atoms with Gasteiger partial charge in [-0.1, -0.05) is 170 Å². The van der Waals surface area contributed by atoms with E-state index in [1.165, 1.54) is 49.2 Å². The summed E-state index contributed by atoms with van der Waals surface area (Å²) in [7, 11) is 0. The van der Waals surface area contributed by atoms with E-state index in [4.69, 9.17) is 14.4 Å². The van der Waals surface area contributed by atoms with Crippen LogP contribution in [0.3, 0.4) is 0 Å². The lowest BCUT2D eigenvalue weighted by molar-refractivity contribution is 0.669. The summed E-state index contributed by atoms with van der Waals surface area (Å²) >= 11 is 0. The minimum atomic E-state index is -0.350. The van der Waals surface area contributed by atoms with Gasteiger partial charge in [0.2, 0.25) is 0 Å². The van der Waals surface area contributed by atoms with Gasteiger partial charge in [0.25, 0.3) is 0 Å². The maximum atomic E-state index is 6.29. The molecule has 4 nitrogen and oxygen atoms in total. The van der Waals surface area contributed by atoms with Crippen molar-refractivity contribution in [2.24, 2.45) is 9.98 Å². The van der Waals surface area contributed by atoms with Gasteiger partial charge in [-0.15, -0.1) is 0 Å². The fourth-order valence-electron chi connectivity index (χ4n) is 8.37. The number of benzene rings is 9. The summed E-state index contributed by atoms with van der Waals surface area (Å²) in [6, 6.07) is 66.4. The second-order valence-electron chi connectivity index (χ2n) is 14.1. The van der Waals surface area contributed by atoms with Crippen molar-refractivity contribution in [1.82, 2.24) is 5.32 Å². The third kappa shape index (κ3) is 5.22. The molecule has 10 aromatic rings. The number of fused-ring (bicyclic) bond motifs is 6. The summed E-state index contributed by atoms with van der Waals surface area (Å²) in [6.07, 6.45) is -0.350. The molecule has 55 heavy (non-hydrogen) atoms. The van der Waals surface area contributed by atoms with Crippen molar-refractivity contribution >= 4 is 65.9 Å². The van der Waals surface area contributed by atoms with E-state index in [-0.39, 0.29) is 6.17 Å². The van der Waals surface area contributed by atoms with Crippen LogP contribution in [-0.2, 0) is 0 Å². The molecular formula is C51H33N3O. The third-order valence-corrected chi connectivity index (χ3v) is 11.0. The van der Waals surface area contributed by atoms with Crippen molar-refractivity contribution in [1.29, 1.82) is 0 Å². The first-order chi connectivity index (χ1) is 27.3. The maximum Gasteiger partial charge on any atom is 0.159 e. The average Bonchev–Trinajstić information content (AvgIpc) is 3.65. The SMILES string of the molecule is c1ccc(C2=NC(c3ccc(-c4ccc(-c5cccc6oc7ccccc7c56)c5ccccc45)c4ccccc34)NC(c3ccc4ccccc4c3)=N2)cc1. The largest absolute Gasteiger partial charge is 0.456 e. The Labute approximate surface area is 317 Å². The van der Waals surface area contributed by atoms with E-state index in [0.29, 0.717) is 5.84 Å². The van der Waals surface area contributed by atoms with Crippen LogP contribution < -0.4 is 5.32 Å². The van der Waals surface area contributed by atoms with E-state index in [9.17, 15) is 0 Å². The summed E-state index contributed by atoms with van der Waals surface area (Å²) in [5, 5.41) is 13.1. The number of hydrogen-bond donors (Lipinski definition) is 1. The van der Waals surface area contributed by atoms with Crippen LogP contribution in [0.15, 0.2) is 202 Å². The number of rotatable bonds is 5. The average molecular weight is 704 g/mol. The predicted molar refractivity (Wildman–Crippen MR) is 229 cm³/mol. The lowest BCUT2D eigenvalue weighted by atomic mass is 9.88. The molecule has 11 rings (SSSR count). The topological polar surface area (TPSA) is 49.9 Å². The Kier molecular flexibility index (Phi) is 7.20. The van der Waals surface area contributed by atoms with E-state index < -0.39 is 0 Å². The first-order valence-corrected chi connectivity index (χ1v) is 18.7. The van der Waals surface area contributed by atoms with Crippen molar-refractivity contribution in [3.05, 3.63) is 205 Å². The smallest absolute Gasteiger partial charge is 0.159 e. The lowest BCUT2D eigenvalue weighted by Gasteiger charge is -2.25. The summed E-state index contributed by atoms with van der Waals surface area (Å²) in [5.74, 6) is 1.52. The van der Waals surface area contributed by atoms with Crippen molar-refractivity contribution in [3.63, 3.8) is 0 Å². The minimum Gasteiger partial charge on any atom is -0.456 e. The third-order valence-electron chi connectivity index (χ3n) is 11.0. The van der Waals surface area contributed by atoms with Crippen LogP contribution >= 0.6 is 0 Å². The number of furan rings is 1. The molecule has 0 saturated heterocycles.